The summed E-state index contributed by atoms with van der Waals surface area (Å²) in [5.74, 6) is -4.28. The fourth-order valence-electron chi connectivity index (χ4n) is 5.88. The minimum atomic E-state index is -1.43. The van der Waals surface area contributed by atoms with E-state index in [4.69, 9.17) is 10.2 Å². The lowest BCUT2D eigenvalue weighted by Crippen LogP contribution is -2.47. The van der Waals surface area contributed by atoms with Crippen molar-refractivity contribution in [3.8, 4) is 0 Å². The molecule has 2 heterocycles. The highest BCUT2D eigenvalue weighted by atomic mass is 32.2. The number of aliphatic hydroxyl groups is 2. The minimum Gasteiger partial charge on any atom is -0.478 e. The number of aliphatic hydroxyl groups excluding tert-OH is 2. The molecule has 50 heavy (non-hydrogen) atoms. The number of aliphatic carboxylic acids is 2. The molecule has 5 unspecified atom stereocenters. The lowest BCUT2D eigenvalue weighted by atomic mass is 9.76. The zero-order valence-corrected chi connectivity index (χ0v) is 30.4. The Labute approximate surface area is 302 Å². The van der Waals surface area contributed by atoms with Gasteiger partial charge in [-0.2, -0.15) is 0 Å². The first kappa shape index (κ1) is 40.9. The smallest absolute Gasteiger partial charge is 0.328 e. The number of benzene rings is 2. The van der Waals surface area contributed by atoms with E-state index in [1.807, 2.05) is 35.7 Å². The van der Waals surface area contributed by atoms with Crippen LogP contribution in [-0.2, 0) is 25.6 Å². The number of hydrogen-bond acceptors (Lipinski definition) is 10. The zero-order valence-electron chi connectivity index (χ0n) is 28.8. The molecule has 0 radical (unpaired) electrons. The maximum absolute atomic E-state index is 11.6. The molecule has 10 nitrogen and oxygen atoms in total. The number of fused-ring (bicyclic) bond motifs is 2. The number of carboxylic acids is 2. The second-order valence-electron chi connectivity index (χ2n) is 12.3. The number of carbonyl (C=O) groups excluding carboxylic acids is 2. The van der Waals surface area contributed by atoms with Gasteiger partial charge in [0, 0.05) is 59.1 Å². The van der Waals surface area contributed by atoms with Crippen molar-refractivity contribution in [1.82, 2.24) is 9.80 Å². The largest absolute Gasteiger partial charge is 0.478 e. The van der Waals surface area contributed by atoms with Crippen LogP contribution in [0.25, 0.3) is 0 Å². The fourth-order valence-corrected chi connectivity index (χ4v) is 7.45. The Balaban J connectivity index is 0.000000230. The summed E-state index contributed by atoms with van der Waals surface area (Å²) < 4.78 is 0. The summed E-state index contributed by atoms with van der Waals surface area (Å²) in [6.07, 6.45) is 12.1. The number of rotatable bonds is 9. The number of nitrogens with zero attached hydrogens (tertiary/aromatic N) is 2. The lowest BCUT2D eigenvalue weighted by molar-refractivity contribution is -0.146. The first-order valence-corrected chi connectivity index (χ1v) is 18.7. The van der Waals surface area contributed by atoms with Crippen LogP contribution in [-0.4, -0.2) is 106 Å². The Kier molecular flexibility index (Phi) is 17.2. The van der Waals surface area contributed by atoms with Crippen molar-refractivity contribution in [2.75, 3.05) is 39.5 Å². The number of ketones is 1. The Bertz CT molecular complexity index is 1520. The van der Waals surface area contributed by atoms with Gasteiger partial charge >= 0.3 is 11.9 Å². The maximum Gasteiger partial charge on any atom is 0.328 e. The first-order chi connectivity index (χ1) is 24.0. The monoisotopic (exact) mass is 724 g/mol. The van der Waals surface area contributed by atoms with Gasteiger partial charge in [0.2, 0.25) is 0 Å². The third-order valence-corrected chi connectivity index (χ3v) is 10.6. The average Bonchev–Trinajstić information content (AvgIpc) is 3.27. The van der Waals surface area contributed by atoms with E-state index in [9.17, 15) is 29.4 Å². The second kappa shape index (κ2) is 21.0. The number of aldehydes is 1. The third-order valence-electron chi connectivity index (χ3n) is 8.70. The van der Waals surface area contributed by atoms with Crippen LogP contribution in [0, 0.1) is 11.8 Å². The van der Waals surface area contributed by atoms with Crippen LogP contribution in [0.5, 0.6) is 0 Å². The molecule has 2 aliphatic heterocycles. The van der Waals surface area contributed by atoms with Crippen molar-refractivity contribution < 1.29 is 39.6 Å². The normalized spacial score (nSPS) is 24.0. The number of piperazine rings is 1. The number of thioether (sulfide) groups is 1. The molecule has 4 N–H and O–H groups in total. The van der Waals surface area contributed by atoms with E-state index in [-0.39, 0.29) is 12.3 Å². The van der Waals surface area contributed by atoms with Gasteiger partial charge in [0.1, 0.15) is 12.4 Å². The summed E-state index contributed by atoms with van der Waals surface area (Å²) in [5.41, 5.74) is 3.01. The molecule has 1 saturated heterocycles. The van der Waals surface area contributed by atoms with Crippen LogP contribution >= 0.6 is 23.5 Å². The summed E-state index contributed by atoms with van der Waals surface area (Å²) in [6.45, 7) is 6.74. The summed E-state index contributed by atoms with van der Waals surface area (Å²) in [4.78, 5) is 51.0. The van der Waals surface area contributed by atoms with E-state index in [2.05, 4.69) is 72.5 Å². The van der Waals surface area contributed by atoms with Crippen molar-refractivity contribution in [3.05, 3.63) is 90.0 Å². The zero-order chi connectivity index (χ0) is 36.6. The second-order valence-corrected chi connectivity index (χ2v) is 14.2. The fraction of sp³-hybridized carbons (Fsp3) is 0.421. The molecule has 2 aromatic carbocycles. The Morgan fingerprint density at radius 3 is 2.28 bits per heavy atom. The number of hydrogen-bond donors (Lipinski definition) is 4. The summed E-state index contributed by atoms with van der Waals surface area (Å²) >= 11 is 3.79. The highest BCUT2D eigenvalue weighted by molar-refractivity contribution is 7.99. The Morgan fingerprint density at radius 2 is 1.66 bits per heavy atom. The summed E-state index contributed by atoms with van der Waals surface area (Å²) in [6, 6.07) is 16.5. The van der Waals surface area contributed by atoms with Gasteiger partial charge < -0.3 is 30.1 Å². The molecule has 5 rings (SSSR count). The van der Waals surface area contributed by atoms with Crippen molar-refractivity contribution >= 4 is 47.5 Å². The van der Waals surface area contributed by atoms with Gasteiger partial charge in [0.15, 0.2) is 5.78 Å². The lowest BCUT2D eigenvalue weighted by Gasteiger charge is -2.38. The SMILES string of the molecule is CCCC=CC=CC1CC(O)C(O)C(=O)C1C=O.CSc1ccc2c(c1)C(N1CCN(C)CC1)Cc1ccccc1S2.O=C(O)C=CC(=O)O. The topological polar surface area (TPSA) is 156 Å². The molecule has 5 atom stereocenters. The van der Waals surface area contributed by atoms with Crippen molar-refractivity contribution in [1.29, 1.82) is 0 Å². The highest BCUT2D eigenvalue weighted by Gasteiger charge is 2.41. The quantitative estimate of drug-likeness (QED) is 0.0890. The summed E-state index contributed by atoms with van der Waals surface area (Å²) in [7, 11) is 2.23. The highest BCUT2D eigenvalue weighted by Crippen LogP contribution is 2.44. The van der Waals surface area contributed by atoms with E-state index in [1.165, 1.54) is 38.9 Å². The molecule has 12 heteroatoms. The number of Topliss-reactive ketones (excluding diaryl/α,β-unsaturated/α-hetero) is 1. The molecule has 0 aromatic heterocycles. The van der Waals surface area contributed by atoms with Crippen molar-refractivity contribution in [3.63, 3.8) is 0 Å². The maximum atomic E-state index is 11.6. The van der Waals surface area contributed by atoms with Gasteiger partial charge in [-0.05, 0) is 73.9 Å². The van der Waals surface area contributed by atoms with Gasteiger partial charge in [-0.15, -0.1) is 11.8 Å². The number of allylic oxidation sites excluding steroid dienone is 4. The van der Waals surface area contributed by atoms with Gasteiger partial charge in [0.25, 0.3) is 0 Å². The molecule has 1 saturated carbocycles. The van der Waals surface area contributed by atoms with Crippen LogP contribution in [0.1, 0.15) is 43.4 Å². The minimum absolute atomic E-state index is 0.231. The van der Waals surface area contributed by atoms with Gasteiger partial charge in [-0.1, -0.05) is 67.6 Å². The van der Waals surface area contributed by atoms with Gasteiger partial charge in [0.05, 0.1) is 12.0 Å². The van der Waals surface area contributed by atoms with Crippen LogP contribution < -0.4 is 0 Å². The molecule has 0 amide bonds. The molecular weight excluding hydrogens is 677 g/mol. The van der Waals surface area contributed by atoms with Crippen LogP contribution in [0.4, 0.5) is 0 Å². The molecule has 0 spiro atoms. The summed E-state index contributed by atoms with van der Waals surface area (Å²) in [5, 5.41) is 34.6. The third kappa shape index (κ3) is 12.4. The molecular formula is C38H48N2O8S2. The number of carbonyl (C=O) groups is 4. The molecule has 2 fully saturated rings. The van der Waals surface area contributed by atoms with E-state index < -0.39 is 35.8 Å². The molecule has 1 aliphatic carbocycles. The van der Waals surface area contributed by atoms with Gasteiger partial charge in [-0.3, -0.25) is 9.69 Å². The van der Waals surface area contributed by atoms with E-state index in [0.29, 0.717) is 24.5 Å². The Hall–Kier alpha value is -3.52. The first-order valence-electron chi connectivity index (χ1n) is 16.7. The van der Waals surface area contributed by atoms with Crippen LogP contribution in [0.2, 0.25) is 0 Å². The van der Waals surface area contributed by atoms with E-state index >= 15 is 0 Å². The van der Waals surface area contributed by atoms with Crippen LogP contribution in [0.3, 0.4) is 0 Å². The van der Waals surface area contributed by atoms with E-state index in [0.717, 1.165) is 32.4 Å². The van der Waals surface area contributed by atoms with Crippen LogP contribution in [0.15, 0.2) is 93.6 Å². The Morgan fingerprint density at radius 1 is 0.980 bits per heavy atom. The number of carboxylic acid groups (broad SMARTS) is 2. The molecule has 270 valence electrons. The standard InChI is InChI=1S/C20H24N2S2.C14H20O4.C4H4O4/c1-21-9-11-22(12-10-21)18-13-15-5-3-4-6-19(15)24-20-8-7-16(23-2)14-17(18)20;1-2-3-4-5-6-7-10-8-12(16)14(18)13(17)11(10)9-15;5-3(6)1-2-4(7)8/h3-8,14,18H,9-13H2,1-2H3;4-7,9-12,14,16,18H,2-3,8H2,1H3;1-2H,(H,5,6)(H,7,8). The number of unbranched alkanes of at least 4 members (excludes halogenated alkanes) is 1. The molecule has 2 aromatic rings. The van der Waals surface area contributed by atoms with Gasteiger partial charge in [-0.25, -0.2) is 9.59 Å². The predicted octanol–water partition coefficient (Wildman–Crippen LogP) is 5.14. The number of likely N-dealkylation sites (N-methyl/N-ethyl adjacent to an activating group) is 1. The molecule has 3 aliphatic rings. The average molecular weight is 725 g/mol. The predicted molar refractivity (Wildman–Crippen MR) is 197 cm³/mol. The van der Waals surface area contributed by atoms with Crippen molar-refractivity contribution in [2.45, 2.75) is 65.5 Å². The molecule has 0 bridgehead atoms. The van der Waals surface area contributed by atoms with Crippen molar-refractivity contribution in [2.24, 2.45) is 11.8 Å². The van der Waals surface area contributed by atoms with E-state index in [1.54, 1.807) is 12.2 Å².